The number of aliphatic hydroxyl groups excluding tert-OH is 1. The highest BCUT2D eigenvalue weighted by molar-refractivity contribution is 6.31. The molecule has 10 nitrogen and oxygen atoms in total. The largest absolute Gasteiger partial charge is 0.387 e. The number of nitrogens with zero attached hydrogens (tertiary/aromatic N) is 7. The Kier molecular flexibility index (Phi) is 6.00. The van der Waals surface area contributed by atoms with Crippen LogP contribution in [0.5, 0.6) is 0 Å². The fraction of sp³-hybridized carbons (Fsp3) is 0.280. The summed E-state index contributed by atoms with van der Waals surface area (Å²) in [6.45, 7) is 1.44. The maximum absolute atomic E-state index is 15.3. The molecule has 0 aliphatic carbocycles. The Morgan fingerprint density at radius 2 is 2.03 bits per heavy atom. The fourth-order valence-electron chi connectivity index (χ4n) is 5.31. The number of fused-ring (bicyclic) bond motifs is 1. The molecular weight excluding hydrogens is 518 g/mol. The molecule has 5 heterocycles. The Morgan fingerprint density at radius 3 is 2.79 bits per heavy atom. The van der Waals surface area contributed by atoms with Crippen LogP contribution in [0.15, 0.2) is 43.0 Å². The van der Waals surface area contributed by atoms with E-state index in [1.54, 1.807) is 11.0 Å². The molecule has 6 rings (SSSR count). The van der Waals surface area contributed by atoms with Gasteiger partial charge in [-0.15, -0.1) is 5.10 Å². The average molecular weight is 539 g/mol. The van der Waals surface area contributed by atoms with Crippen molar-refractivity contribution in [2.45, 2.75) is 44.4 Å². The van der Waals surface area contributed by atoms with Crippen molar-refractivity contribution in [3.8, 4) is 16.9 Å². The van der Waals surface area contributed by atoms with Gasteiger partial charge in [-0.3, -0.25) is 9.78 Å². The summed E-state index contributed by atoms with van der Waals surface area (Å²) in [5.74, 6) is -1.05. The van der Waals surface area contributed by atoms with E-state index in [-0.39, 0.29) is 39.8 Å². The van der Waals surface area contributed by atoms with Crippen molar-refractivity contribution in [2.24, 2.45) is 0 Å². The molecule has 1 aromatic carbocycles. The Balaban J connectivity index is 1.32. The highest BCUT2D eigenvalue weighted by atomic mass is 35.5. The van der Waals surface area contributed by atoms with Crippen molar-refractivity contribution in [3.05, 3.63) is 76.7 Å². The lowest BCUT2D eigenvalue weighted by Crippen LogP contribution is -2.39. The summed E-state index contributed by atoms with van der Waals surface area (Å²) in [5.41, 5.74) is 1.65. The molecule has 1 amide bonds. The first-order valence-electron chi connectivity index (χ1n) is 12.0. The van der Waals surface area contributed by atoms with Crippen LogP contribution in [0, 0.1) is 11.6 Å². The minimum absolute atomic E-state index is 0.0576. The number of imidazole rings is 1. The third-order valence-corrected chi connectivity index (χ3v) is 7.31. The van der Waals surface area contributed by atoms with E-state index in [2.05, 4.69) is 30.5 Å². The Labute approximate surface area is 220 Å². The van der Waals surface area contributed by atoms with E-state index in [0.717, 1.165) is 0 Å². The van der Waals surface area contributed by atoms with Gasteiger partial charge in [-0.25, -0.2) is 13.8 Å². The number of nitrogens with one attached hydrogen (secondary N) is 1. The van der Waals surface area contributed by atoms with Crippen LogP contribution in [0.25, 0.3) is 22.5 Å². The zero-order valence-corrected chi connectivity index (χ0v) is 20.8. The second-order valence-electron chi connectivity index (χ2n) is 9.29. The molecule has 0 radical (unpaired) electrons. The quantitative estimate of drug-likeness (QED) is 0.394. The Morgan fingerprint density at radius 1 is 1.18 bits per heavy atom. The highest BCUT2D eigenvalue weighted by Crippen LogP contribution is 2.44. The fourth-order valence-corrected chi connectivity index (χ4v) is 5.46. The van der Waals surface area contributed by atoms with Crippen LogP contribution in [0.3, 0.4) is 0 Å². The smallest absolute Gasteiger partial charge is 0.247 e. The lowest BCUT2D eigenvalue weighted by molar-refractivity contribution is -0.129. The maximum atomic E-state index is 15.3. The van der Waals surface area contributed by atoms with Crippen LogP contribution < -0.4 is 0 Å². The number of carbonyl (C=O) groups is 1. The molecule has 1 saturated heterocycles. The van der Waals surface area contributed by atoms with Crippen LogP contribution in [0.4, 0.5) is 8.78 Å². The zero-order valence-electron chi connectivity index (χ0n) is 20.0. The summed E-state index contributed by atoms with van der Waals surface area (Å²) in [7, 11) is 0. The van der Waals surface area contributed by atoms with Gasteiger partial charge in [0.05, 0.1) is 34.7 Å². The lowest BCUT2D eigenvalue weighted by Gasteiger charge is -2.33. The van der Waals surface area contributed by atoms with Crippen LogP contribution in [0.2, 0.25) is 5.02 Å². The normalized spacial score (nSPS) is 20.0. The molecule has 3 atom stereocenters. The molecule has 0 bridgehead atoms. The number of aliphatic hydroxyl groups is 1. The lowest BCUT2D eigenvalue weighted by atomic mass is 9.92. The van der Waals surface area contributed by atoms with Crippen LogP contribution in [-0.2, 0) is 4.79 Å². The molecule has 4 aromatic rings. The third-order valence-electron chi connectivity index (χ3n) is 7.01. The van der Waals surface area contributed by atoms with Crippen molar-refractivity contribution in [3.63, 3.8) is 0 Å². The number of aromatic amines is 1. The standard InChI is InChI=1S/C25H21ClF2N8O2/c1-12(37)24-22(27)15(6-7-29-24)17-10-30-25(32-17)19-4-2-14-8-13(9-20(38)36(14)19)21-18(35-11-31-33-34-35)5-3-16(26)23(21)28/h3,5-7,9-12,14,19,37H,2,4,8H2,1H3,(H,30,32)/t12?,14-,19+/m1/s1. The number of carbonyl (C=O) groups excluding carboxylic acids is 1. The number of tetrazole rings is 1. The van der Waals surface area contributed by atoms with Crippen LogP contribution >= 0.6 is 11.6 Å². The Hall–Kier alpha value is -4.03. The number of rotatable bonds is 5. The van der Waals surface area contributed by atoms with Gasteiger partial charge in [0, 0.05) is 29.4 Å². The molecule has 2 aliphatic rings. The number of pyridine rings is 1. The minimum atomic E-state index is -1.06. The summed E-state index contributed by atoms with van der Waals surface area (Å²) >= 11 is 6.09. The molecule has 13 heteroatoms. The first kappa shape index (κ1) is 24.3. The number of H-pyrrole nitrogens is 1. The van der Waals surface area contributed by atoms with Crippen LogP contribution in [0.1, 0.15) is 55.4 Å². The van der Waals surface area contributed by atoms with E-state index in [0.29, 0.717) is 42.0 Å². The van der Waals surface area contributed by atoms with E-state index in [4.69, 9.17) is 11.6 Å². The number of hydrogen-bond acceptors (Lipinski definition) is 7. The predicted molar refractivity (Wildman–Crippen MR) is 132 cm³/mol. The summed E-state index contributed by atoms with van der Waals surface area (Å²) in [6.07, 6.45) is 6.32. The molecule has 2 aliphatic heterocycles. The maximum Gasteiger partial charge on any atom is 0.247 e. The second kappa shape index (κ2) is 9.37. The van der Waals surface area contributed by atoms with Gasteiger partial charge in [0.15, 0.2) is 11.6 Å². The second-order valence-corrected chi connectivity index (χ2v) is 9.70. The number of amides is 1. The Bertz CT molecular complexity index is 1570. The topological polar surface area (TPSA) is 126 Å². The first-order chi connectivity index (χ1) is 18.3. The van der Waals surface area contributed by atoms with E-state index in [9.17, 15) is 14.3 Å². The molecule has 194 valence electrons. The molecular formula is C25H21ClF2N8O2. The molecule has 0 spiro atoms. The zero-order chi connectivity index (χ0) is 26.6. The van der Waals surface area contributed by atoms with E-state index in [1.165, 1.54) is 48.5 Å². The predicted octanol–water partition coefficient (Wildman–Crippen LogP) is 3.95. The molecule has 1 fully saturated rings. The third kappa shape index (κ3) is 3.96. The van der Waals surface area contributed by atoms with Crippen molar-refractivity contribution in [1.82, 2.24) is 40.1 Å². The molecule has 0 saturated carbocycles. The number of hydrogen-bond donors (Lipinski definition) is 2. The van der Waals surface area contributed by atoms with Gasteiger partial charge in [-0.05, 0) is 60.4 Å². The van der Waals surface area contributed by atoms with Crippen molar-refractivity contribution >= 4 is 23.1 Å². The summed E-state index contributed by atoms with van der Waals surface area (Å²) in [5, 5.41) is 20.8. The van der Waals surface area contributed by atoms with Gasteiger partial charge in [0.1, 0.15) is 17.8 Å². The van der Waals surface area contributed by atoms with E-state index >= 15 is 4.39 Å². The van der Waals surface area contributed by atoms with Gasteiger partial charge in [0.2, 0.25) is 5.91 Å². The van der Waals surface area contributed by atoms with Gasteiger partial charge in [-0.1, -0.05) is 11.6 Å². The van der Waals surface area contributed by atoms with Gasteiger partial charge >= 0.3 is 0 Å². The SMILES string of the molecule is CC(O)c1nccc(-c2cnc([C@@H]3CC[C@@H]4CC(c5c(-n6cnnn6)ccc(Cl)c5F)=CC(=O)N43)[nH]2)c1F. The van der Waals surface area contributed by atoms with E-state index in [1.807, 2.05) is 0 Å². The van der Waals surface area contributed by atoms with Crippen molar-refractivity contribution < 1.29 is 18.7 Å². The van der Waals surface area contributed by atoms with Crippen LogP contribution in [-0.4, -0.2) is 57.1 Å². The number of halogens is 3. The minimum Gasteiger partial charge on any atom is -0.387 e. The molecule has 1 unspecified atom stereocenters. The summed E-state index contributed by atoms with van der Waals surface area (Å²) in [4.78, 5) is 26.6. The summed E-state index contributed by atoms with van der Waals surface area (Å²) < 4.78 is 31.5. The van der Waals surface area contributed by atoms with Crippen molar-refractivity contribution in [1.29, 1.82) is 0 Å². The number of benzene rings is 1. The average Bonchev–Trinajstić information content (AvgIpc) is 3.66. The molecule has 38 heavy (non-hydrogen) atoms. The van der Waals surface area contributed by atoms with Gasteiger partial charge < -0.3 is 15.0 Å². The summed E-state index contributed by atoms with van der Waals surface area (Å²) in [6, 6.07) is 3.98. The number of aromatic nitrogens is 7. The van der Waals surface area contributed by atoms with Gasteiger partial charge in [0.25, 0.3) is 0 Å². The first-order valence-corrected chi connectivity index (χ1v) is 12.3. The highest BCUT2D eigenvalue weighted by Gasteiger charge is 2.42. The molecule has 3 aromatic heterocycles. The van der Waals surface area contributed by atoms with Gasteiger partial charge in [-0.2, -0.15) is 4.68 Å². The van der Waals surface area contributed by atoms with E-state index < -0.39 is 17.7 Å². The van der Waals surface area contributed by atoms with Crippen molar-refractivity contribution in [2.75, 3.05) is 0 Å². The molecule has 2 N–H and O–H groups in total. The monoisotopic (exact) mass is 538 g/mol.